The largest absolute Gasteiger partial charge is 0.371 e. The van der Waals surface area contributed by atoms with Crippen molar-refractivity contribution in [1.29, 1.82) is 0 Å². The first-order chi connectivity index (χ1) is 11.6. The van der Waals surface area contributed by atoms with Crippen LogP contribution in [-0.2, 0) is 11.9 Å². The van der Waals surface area contributed by atoms with Crippen molar-refractivity contribution >= 4 is 23.8 Å². The maximum atomic E-state index is 13.6. The molecule has 0 aliphatic heterocycles. The molecular weight excluding hydrogens is 335 g/mol. The van der Waals surface area contributed by atoms with Crippen LogP contribution in [0.2, 0.25) is 5.02 Å². The molecule has 2 aromatic heterocycles. The predicted molar refractivity (Wildman–Crippen MR) is 87.0 cm³/mol. The lowest BCUT2D eigenvalue weighted by atomic mass is 10.2. The monoisotopic (exact) mass is 346 g/mol. The third-order valence-electron chi connectivity index (χ3n) is 3.29. The summed E-state index contributed by atoms with van der Waals surface area (Å²) in [6.07, 6.45) is 5.98. The van der Waals surface area contributed by atoms with Crippen molar-refractivity contribution in [2.45, 2.75) is 0 Å². The van der Waals surface area contributed by atoms with Gasteiger partial charge in [0.2, 0.25) is 0 Å². The molecule has 0 atom stereocenters. The van der Waals surface area contributed by atoms with Gasteiger partial charge in [0.15, 0.2) is 0 Å². The molecule has 2 heterocycles. The van der Waals surface area contributed by atoms with Gasteiger partial charge in [-0.2, -0.15) is 5.10 Å². The smallest absolute Gasteiger partial charge is 0.313 e. The summed E-state index contributed by atoms with van der Waals surface area (Å²) >= 11 is 5.87. The summed E-state index contributed by atoms with van der Waals surface area (Å²) in [6.45, 7) is 0. The molecule has 0 saturated heterocycles. The molecule has 6 nitrogen and oxygen atoms in total. The van der Waals surface area contributed by atoms with Crippen LogP contribution in [0.15, 0.2) is 54.1 Å². The number of oxime groups is 1. The van der Waals surface area contributed by atoms with Crippen LogP contribution in [0.4, 0.5) is 4.39 Å². The molecule has 3 aromatic rings. The Balaban J connectivity index is 1.81. The summed E-state index contributed by atoms with van der Waals surface area (Å²) in [7, 11) is 1.70. The molecule has 0 spiro atoms. The van der Waals surface area contributed by atoms with Crippen LogP contribution in [0.1, 0.15) is 15.9 Å². The first-order valence-corrected chi connectivity index (χ1v) is 7.30. The average Bonchev–Trinajstić information content (AvgIpc) is 3.19. The van der Waals surface area contributed by atoms with Crippen molar-refractivity contribution in [3.05, 3.63) is 70.9 Å². The summed E-state index contributed by atoms with van der Waals surface area (Å²) in [6, 6.07) is 7.86. The summed E-state index contributed by atoms with van der Waals surface area (Å²) in [5.74, 6) is -0.739. The van der Waals surface area contributed by atoms with E-state index >= 15 is 0 Å². The second-order valence-corrected chi connectivity index (χ2v) is 5.25. The maximum Gasteiger partial charge on any atom is 0.371 e. The Kier molecular flexibility index (Phi) is 4.43. The average molecular weight is 347 g/mol. The normalized spacial score (nSPS) is 11.1. The van der Waals surface area contributed by atoms with Crippen molar-refractivity contribution in [2.24, 2.45) is 12.2 Å². The van der Waals surface area contributed by atoms with Crippen LogP contribution in [-0.4, -0.2) is 26.5 Å². The highest BCUT2D eigenvalue weighted by Crippen LogP contribution is 2.18. The fourth-order valence-electron chi connectivity index (χ4n) is 2.17. The lowest BCUT2D eigenvalue weighted by Crippen LogP contribution is -2.08. The second kappa shape index (κ2) is 6.67. The first kappa shape index (κ1) is 15.9. The van der Waals surface area contributed by atoms with Crippen LogP contribution in [0.5, 0.6) is 0 Å². The number of benzene rings is 1. The molecule has 0 bridgehead atoms. The van der Waals surface area contributed by atoms with Crippen LogP contribution in [0.25, 0.3) is 5.82 Å². The second-order valence-electron chi connectivity index (χ2n) is 4.84. The molecule has 0 amide bonds. The zero-order chi connectivity index (χ0) is 17.1. The molecule has 0 aliphatic carbocycles. The van der Waals surface area contributed by atoms with Crippen molar-refractivity contribution in [3.8, 4) is 5.82 Å². The number of hydrogen-bond donors (Lipinski definition) is 0. The zero-order valence-electron chi connectivity index (χ0n) is 12.6. The van der Waals surface area contributed by atoms with E-state index in [2.05, 4.69) is 10.3 Å². The van der Waals surface area contributed by atoms with Gasteiger partial charge < -0.3 is 9.40 Å². The van der Waals surface area contributed by atoms with Gasteiger partial charge in [-0.25, -0.2) is 9.18 Å². The quantitative estimate of drug-likeness (QED) is 0.414. The molecule has 0 radical (unpaired) electrons. The summed E-state index contributed by atoms with van der Waals surface area (Å²) in [5, 5.41) is 7.75. The lowest BCUT2D eigenvalue weighted by molar-refractivity contribution is 0.0519. The molecule has 24 heavy (non-hydrogen) atoms. The summed E-state index contributed by atoms with van der Waals surface area (Å²) in [5.41, 5.74) is 0.272. The van der Waals surface area contributed by atoms with Gasteiger partial charge in [0, 0.05) is 19.4 Å². The molecule has 0 fully saturated rings. The van der Waals surface area contributed by atoms with Crippen molar-refractivity contribution in [2.75, 3.05) is 0 Å². The van der Waals surface area contributed by atoms with E-state index < -0.39 is 11.8 Å². The molecular formula is C16H12ClFN4O2. The summed E-state index contributed by atoms with van der Waals surface area (Å²) in [4.78, 5) is 17.0. The number of rotatable bonds is 4. The topological polar surface area (TPSA) is 61.4 Å². The van der Waals surface area contributed by atoms with Gasteiger partial charge in [-0.15, -0.1) is 0 Å². The lowest BCUT2D eigenvalue weighted by Gasteiger charge is -2.05. The Morgan fingerprint density at radius 3 is 2.79 bits per heavy atom. The summed E-state index contributed by atoms with van der Waals surface area (Å²) < 4.78 is 16.9. The highest BCUT2D eigenvalue weighted by molar-refractivity contribution is 6.33. The highest BCUT2D eigenvalue weighted by atomic mass is 35.5. The van der Waals surface area contributed by atoms with Gasteiger partial charge in [0.1, 0.15) is 17.2 Å². The number of aryl methyl sites for hydroxylation is 1. The minimum atomic E-state index is -0.712. The Morgan fingerprint density at radius 1 is 1.33 bits per heavy atom. The van der Waals surface area contributed by atoms with Gasteiger partial charge in [0.05, 0.1) is 23.0 Å². The van der Waals surface area contributed by atoms with Crippen LogP contribution in [0, 0.1) is 5.82 Å². The minimum absolute atomic E-state index is 0.0452. The van der Waals surface area contributed by atoms with E-state index in [0.29, 0.717) is 5.82 Å². The van der Waals surface area contributed by atoms with E-state index in [4.69, 9.17) is 16.4 Å². The van der Waals surface area contributed by atoms with Gasteiger partial charge in [-0.1, -0.05) is 22.8 Å². The fourth-order valence-corrected chi connectivity index (χ4v) is 2.38. The standard InChI is InChI=1S/C16H12ClFN4O2/c1-21-15(22-7-2-3-8-22)12(9-19-21)16(23)24-20-10-11-13(17)5-4-6-14(11)18/h2-10H,1H3/b20-10-. The third kappa shape index (κ3) is 3.07. The Hall–Kier alpha value is -2.93. The highest BCUT2D eigenvalue weighted by Gasteiger charge is 2.19. The number of aromatic nitrogens is 3. The number of halogens is 2. The number of carbonyl (C=O) groups excluding carboxylic acids is 1. The van der Waals surface area contributed by atoms with Gasteiger partial charge >= 0.3 is 5.97 Å². The molecule has 0 N–H and O–H groups in total. The molecule has 8 heteroatoms. The molecule has 0 saturated carbocycles. The molecule has 1 aromatic carbocycles. The fraction of sp³-hybridized carbons (Fsp3) is 0.0625. The van der Waals surface area contributed by atoms with Crippen LogP contribution in [0.3, 0.4) is 0 Å². The predicted octanol–water partition coefficient (Wildman–Crippen LogP) is 3.19. The van der Waals surface area contributed by atoms with Gasteiger partial charge in [-0.05, 0) is 24.3 Å². The van der Waals surface area contributed by atoms with E-state index in [0.717, 1.165) is 6.21 Å². The zero-order valence-corrected chi connectivity index (χ0v) is 13.3. The Labute approximate surface area is 141 Å². The minimum Gasteiger partial charge on any atom is -0.313 e. The van der Waals surface area contributed by atoms with Crippen molar-refractivity contribution in [3.63, 3.8) is 0 Å². The number of carbonyl (C=O) groups is 1. The van der Waals surface area contributed by atoms with Crippen molar-refractivity contribution < 1.29 is 14.0 Å². The van der Waals surface area contributed by atoms with E-state index in [9.17, 15) is 9.18 Å². The number of hydrogen-bond acceptors (Lipinski definition) is 4. The van der Waals surface area contributed by atoms with Crippen LogP contribution >= 0.6 is 11.6 Å². The van der Waals surface area contributed by atoms with Crippen LogP contribution < -0.4 is 0 Å². The van der Waals surface area contributed by atoms with Crippen molar-refractivity contribution in [1.82, 2.24) is 14.3 Å². The van der Waals surface area contributed by atoms with E-state index in [1.54, 1.807) is 24.0 Å². The Morgan fingerprint density at radius 2 is 2.08 bits per heavy atom. The third-order valence-corrected chi connectivity index (χ3v) is 3.62. The maximum absolute atomic E-state index is 13.6. The van der Waals surface area contributed by atoms with Gasteiger partial charge in [0.25, 0.3) is 0 Å². The van der Waals surface area contributed by atoms with E-state index in [1.165, 1.54) is 29.1 Å². The van der Waals surface area contributed by atoms with Gasteiger partial charge in [-0.3, -0.25) is 4.68 Å². The Bertz CT molecular complexity index is 883. The SMILES string of the molecule is Cn1ncc(C(=O)O/N=C\c2c(F)cccc2Cl)c1-n1cccc1. The first-order valence-electron chi connectivity index (χ1n) is 6.92. The molecule has 3 rings (SSSR count). The molecule has 0 unspecified atom stereocenters. The van der Waals surface area contributed by atoms with E-state index in [-0.39, 0.29) is 16.1 Å². The molecule has 122 valence electrons. The number of nitrogens with zero attached hydrogens (tertiary/aromatic N) is 4. The molecule has 0 aliphatic rings. The van der Waals surface area contributed by atoms with E-state index in [1.807, 2.05) is 12.1 Å².